The maximum absolute atomic E-state index is 13.0. The van der Waals surface area contributed by atoms with Crippen LogP contribution in [0.15, 0.2) is 65.6 Å². The molecule has 2 aromatic carbocycles. The Morgan fingerprint density at radius 1 is 0.920 bits per heavy atom. The quantitative estimate of drug-likeness (QED) is 0.667. The van der Waals surface area contributed by atoms with Gasteiger partial charge in [-0.25, -0.2) is 0 Å². The van der Waals surface area contributed by atoms with Crippen molar-refractivity contribution in [2.24, 2.45) is 0 Å². The van der Waals surface area contributed by atoms with Crippen molar-refractivity contribution < 1.29 is 0 Å². The predicted octanol–water partition coefficient (Wildman–Crippen LogP) is 4.40. The fraction of sp³-hybridized carbons (Fsp3) is 0.318. The molecule has 0 aliphatic heterocycles. The third kappa shape index (κ3) is 3.52. The van der Waals surface area contributed by atoms with E-state index in [0.717, 1.165) is 35.0 Å². The minimum Gasteiger partial charge on any atom is -0.313 e. The smallest absolute Gasteiger partial charge is 0.258 e. The van der Waals surface area contributed by atoms with Crippen molar-refractivity contribution in [1.29, 1.82) is 0 Å². The van der Waals surface area contributed by atoms with Gasteiger partial charge >= 0.3 is 0 Å². The SMILES string of the molecule is CCN(CC)C(C)Cn1cc(-c2ccccc2)c2ccccc2c1=O. The second kappa shape index (κ2) is 7.66. The molecule has 0 aliphatic carbocycles. The highest BCUT2D eigenvalue weighted by Gasteiger charge is 2.15. The van der Waals surface area contributed by atoms with Crippen molar-refractivity contribution in [2.45, 2.75) is 33.4 Å². The second-order valence-corrected chi connectivity index (χ2v) is 6.48. The van der Waals surface area contributed by atoms with Crippen molar-refractivity contribution in [2.75, 3.05) is 13.1 Å². The van der Waals surface area contributed by atoms with Gasteiger partial charge in [-0.3, -0.25) is 9.69 Å². The molecule has 1 atom stereocenters. The summed E-state index contributed by atoms with van der Waals surface area (Å²) in [5.74, 6) is 0. The van der Waals surface area contributed by atoms with Crippen LogP contribution in [0.5, 0.6) is 0 Å². The number of hydrogen-bond donors (Lipinski definition) is 0. The number of aromatic nitrogens is 1. The maximum Gasteiger partial charge on any atom is 0.258 e. The van der Waals surface area contributed by atoms with Crippen molar-refractivity contribution in [3.8, 4) is 11.1 Å². The summed E-state index contributed by atoms with van der Waals surface area (Å²) in [6.07, 6.45) is 2.03. The number of rotatable bonds is 6. The van der Waals surface area contributed by atoms with Gasteiger partial charge in [-0.15, -0.1) is 0 Å². The number of nitrogens with zero attached hydrogens (tertiary/aromatic N) is 2. The molecule has 25 heavy (non-hydrogen) atoms. The number of hydrogen-bond acceptors (Lipinski definition) is 2. The van der Waals surface area contributed by atoms with Crippen LogP contribution >= 0.6 is 0 Å². The van der Waals surface area contributed by atoms with Gasteiger partial charge in [0, 0.05) is 29.7 Å². The Morgan fingerprint density at radius 3 is 2.16 bits per heavy atom. The van der Waals surface area contributed by atoms with E-state index in [9.17, 15) is 4.79 Å². The Bertz CT molecular complexity index is 895. The van der Waals surface area contributed by atoms with E-state index < -0.39 is 0 Å². The number of benzene rings is 2. The summed E-state index contributed by atoms with van der Waals surface area (Å²) in [6.45, 7) is 9.20. The summed E-state index contributed by atoms with van der Waals surface area (Å²) in [5, 5.41) is 1.81. The second-order valence-electron chi connectivity index (χ2n) is 6.48. The third-order valence-electron chi connectivity index (χ3n) is 4.97. The number of fused-ring (bicyclic) bond motifs is 1. The summed E-state index contributed by atoms with van der Waals surface area (Å²) < 4.78 is 1.88. The highest BCUT2D eigenvalue weighted by molar-refractivity contribution is 5.95. The van der Waals surface area contributed by atoms with Crippen LogP contribution in [0, 0.1) is 0 Å². The van der Waals surface area contributed by atoms with Crippen LogP contribution < -0.4 is 5.56 Å². The van der Waals surface area contributed by atoms with Crippen LogP contribution in [0.25, 0.3) is 21.9 Å². The zero-order chi connectivity index (χ0) is 17.8. The highest BCUT2D eigenvalue weighted by atomic mass is 16.1. The standard InChI is InChI=1S/C22H26N2O/c1-4-23(5-2)17(3)15-24-16-21(18-11-7-6-8-12-18)19-13-9-10-14-20(19)22(24)25/h6-14,16-17H,4-5,15H2,1-3H3. The molecule has 0 fully saturated rings. The van der Waals surface area contributed by atoms with E-state index in [0.29, 0.717) is 12.6 Å². The van der Waals surface area contributed by atoms with Gasteiger partial charge in [0.05, 0.1) is 0 Å². The number of pyridine rings is 1. The molecule has 0 saturated heterocycles. The largest absolute Gasteiger partial charge is 0.313 e. The lowest BCUT2D eigenvalue weighted by molar-refractivity contribution is 0.210. The van der Waals surface area contributed by atoms with Gasteiger partial charge in [-0.05, 0) is 37.0 Å². The lowest BCUT2D eigenvalue weighted by atomic mass is 10.0. The van der Waals surface area contributed by atoms with Crippen LogP contribution in [-0.2, 0) is 6.54 Å². The van der Waals surface area contributed by atoms with Crippen molar-refractivity contribution in [3.63, 3.8) is 0 Å². The predicted molar refractivity (Wildman–Crippen MR) is 106 cm³/mol. The monoisotopic (exact) mass is 334 g/mol. The Kier molecular flexibility index (Phi) is 5.34. The Balaban J connectivity index is 2.14. The van der Waals surface area contributed by atoms with Crippen LogP contribution in [-0.4, -0.2) is 28.6 Å². The first-order chi connectivity index (χ1) is 12.2. The minimum absolute atomic E-state index is 0.0919. The molecule has 0 saturated carbocycles. The fourth-order valence-corrected chi connectivity index (χ4v) is 3.57. The van der Waals surface area contributed by atoms with Crippen molar-refractivity contribution in [1.82, 2.24) is 9.47 Å². The molecule has 0 bridgehead atoms. The molecule has 3 heteroatoms. The van der Waals surface area contributed by atoms with E-state index in [1.54, 1.807) is 0 Å². The van der Waals surface area contributed by atoms with E-state index in [1.807, 2.05) is 53.2 Å². The fourth-order valence-electron chi connectivity index (χ4n) is 3.57. The van der Waals surface area contributed by atoms with E-state index in [1.165, 1.54) is 0 Å². The Hall–Kier alpha value is -2.39. The molecular weight excluding hydrogens is 308 g/mol. The normalized spacial score (nSPS) is 12.6. The van der Waals surface area contributed by atoms with E-state index in [2.05, 4.69) is 37.8 Å². The third-order valence-corrected chi connectivity index (χ3v) is 4.97. The summed E-state index contributed by atoms with van der Waals surface area (Å²) in [4.78, 5) is 15.4. The first-order valence-corrected chi connectivity index (χ1v) is 9.07. The van der Waals surface area contributed by atoms with Gasteiger partial charge < -0.3 is 4.57 Å². The average Bonchev–Trinajstić information content (AvgIpc) is 2.66. The maximum atomic E-state index is 13.0. The molecule has 0 amide bonds. The topological polar surface area (TPSA) is 25.2 Å². The first-order valence-electron chi connectivity index (χ1n) is 9.07. The zero-order valence-corrected chi connectivity index (χ0v) is 15.3. The van der Waals surface area contributed by atoms with Crippen LogP contribution in [0.3, 0.4) is 0 Å². The Labute approximate surface area is 149 Å². The van der Waals surface area contributed by atoms with E-state index in [4.69, 9.17) is 0 Å². The molecule has 130 valence electrons. The molecule has 1 unspecified atom stereocenters. The molecule has 0 aliphatic rings. The van der Waals surface area contributed by atoms with Crippen molar-refractivity contribution in [3.05, 3.63) is 71.1 Å². The van der Waals surface area contributed by atoms with Gasteiger partial charge in [-0.2, -0.15) is 0 Å². The molecule has 0 spiro atoms. The molecule has 0 radical (unpaired) electrons. The molecule has 0 N–H and O–H groups in total. The zero-order valence-electron chi connectivity index (χ0n) is 15.3. The minimum atomic E-state index is 0.0919. The van der Waals surface area contributed by atoms with E-state index >= 15 is 0 Å². The molecule has 3 rings (SSSR count). The Morgan fingerprint density at radius 2 is 1.52 bits per heavy atom. The van der Waals surface area contributed by atoms with Gasteiger partial charge in [0.1, 0.15) is 0 Å². The van der Waals surface area contributed by atoms with Gasteiger partial charge in [0.15, 0.2) is 0 Å². The summed E-state index contributed by atoms with van der Waals surface area (Å²) >= 11 is 0. The first kappa shape index (κ1) is 17.4. The van der Waals surface area contributed by atoms with Gasteiger partial charge in [0.25, 0.3) is 5.56 Å². The van der Waals surface area contributed by atoms with Gasteiger partial charge in [-0.1, -0.05) is 62.4 Å². The molecule has 1 aromatic heterocycles. The lowest BCUT2D eigenvalue weighted by Crippen LogP contribution is -2.38. The molecular formula is C22H26N2O. The van der Waals surface area contributed by atoms with Gasteiger partial charge in [0.2, 0.25) is 0 Å². The molecule has 1 heterocycles. The number of likely N-dealkylation sites (N-methyl/N-ethyl adjacent to an activating group) is 1. The van der Waals surface area contributed by atoms with Crippen LogP contribution in [0.4, 0.5) is 0 Å². The molecule has 3 nitrogen and oxygen atoms in total. The van der Waals surface area contributed by atoms with E-state index in [-0.39, 0.29) is 5.56 Å². The van der Waals surface area contributed by atoms with Crippen molar-refractivity contribution >= 4 is 10.8 Å². The van der Waals surface area contributed by atoms with Crippen LogP contribution in [0.2, 0.25) is 0 Å². The summed E-state index contributed by atoms with van der Waals surface area (Å²) in [6, 6.07) is 18.5. The van der Waals surface area contributed by atoms with Crippen LogP contribution in [0.1, 0.15) is 20.8 Å². The summed E-state index contributed by atoms with van der Waals surface area (Å²) in [7, 11) is 0. The lowest BCUT2D eigenvalue weighted by Gasteiger charge is -2.27. The average molecular weight is 334 g/mol. The highest BCUT2D eigenvalue weighted by Crippen LogP contribution is 2.26. The molecule has 3 aromatic rings. The summed E-state index contributed by atoms with van der Waals surface area (Å²) in [5.41, 5.74) is 2.35.